The number of nitrogens with zero attached hydrogens (tertiary/aromatic N) is 2. The van der Waals surface area contributed by atoms with Gasteiger partial charge in [-0.1, -0.05) is 140 Å². The number of anilines is 4. The van der Waals surface area contributed by atoms with Crippen molar-refractivity contribution in [1.82, 2.24) is 0 Å². The van der Waals surface area contributed by atoms with Gasteiger partial charge in [-0.15, -0.1) is 0 Å². The summed E-state index contributed by atoms with van der Waals surface area (Å²) in [5.41, 5.74) is 8.38. The normalized spacial score (nSPS) is 15.6. The van der Waals surface area contributed by atoms with Crippen molar-refractivity contribution in [2.45, 2.75) is 18.9 Å². The maximum Gasteiger partial charge on any atom is 0.444 e. The molecule has 0 atom stereocenters. The fourth-order valence-corrected chi connectivity index (χ4v) is 7.78. The van der Waals surface area contributed by atoms with Gasteiger partial charge >= 0.3 is 6.03 Å². The highest BCUT2D eigenvalue weighted by molar-refractivity contribution is 6.04. The molecule has 0 N–H and O–H groups in total. The van der Waals surface area contributed by atoms with E-state index in [1.165, 1.54) is 5.57 Å². The molecule has 2 aliphatic heterocycles. The number of hydrogen-bond donors (Lipinski definition) is 0. The molecule has 0 saturated carbocycles. The van der Waals surface area contributed by atoms with Crippen LogP contribution in [-0.4, -0.2) is 6.03 Å². The van der Waals surface area contributed by atoms with Gasteiger partial charge in [0.05, 0.1) is 22.7 Å². The van der Waals surface area contributed by atoms with Gasteiger partial charge in [0.1, 0.15) is 0 Å². The van der Waals surface area contributed by atoms with Crippen molar-refractivity contribution < 1.29 is 9.47 Å². The van der Waals surface area contributed by atoms with E-state index >= 15 is 0 Å². The van der Waals surface area contributed by atoms with Crippen LogP contribution in [0, 0.1) is 0 Å². The Balaban J connectivity index is 1.30. The molecule has 0 fully saturated rings. The quantitative estimate of drug-likeness (QED) is 0.193. The second-order valence-corrected chi connectivity index (χ2v) is 12.8. The van der Waals surface area contributed by atoms with Crippen LogP contribution in [0.3, 0.4) is 0 Å². The lowest BCUT2D eigenvalue weighted by Gasteiger charge is -2.40. The van der Waals surface area contributed by atoms with Crippen molar-refractivity contribution >= 4 is 49.9 Å². The van der Waals surface area contributed by atoms with E-state index < -0.39 is 6.03 Å². The molecular weight excluding hydrogens is 601 g/mol. The van der Waals surface area contributed by atoms with Gasteiger partial charge in [-0.25, -0.2) is 9.80 Å². The van der Waals surface area contributed by atoms with Gasteiger partial charge in [0, 0.05) is 21.9 Å². The Labute approximate surface area is 285 Å². The van der Waals surface area contributed by atoms with Crippen molar-refractivity contribution in [3.63, 3.8) is 0 Å². The molecule has 1 spiro atoms. The van der Waals surface area contributed by atoms with E-state index in [-0.39, 0.29) is 0 Å². The standard InChI is InChI=1S/C45H32N2O2/c1-3-15-33(16-4-1)37-29-30-38(34-17-5-2-6-18-34)44-43(37)48-45(49-44)46(39-27-13-21-31-19-7-9-23-35(31)39)41-25-11-12-26-42(41)47(45)40-28-14-22-32-20-8-10-24-36(32)40/h1-5,7-17,19-30H,6,18H2. The third kappa shape index (κ3) is 4.17. The fourth-order valence-electron chi connectivity index (χ4n) is 7.78. The summed E-state index contributed by atoms with van der Waals surface area (Å²) >= 11 is 0. The average Bonchev–Trinajstić information content (AvgIpc) is 3.69. The van der Waals surface area contributed by atoms with E-state index in [0.717, 1.165) is 85.3 Å². The zero-order chi connectivity index (χ0) is 32.4. The molecule has 0 unspecified atom stereocenters. The van der Waals surface area contributed by atoms with E-state index in [9.17, 15) is 0 Å². The summed E-state index contributed by atoms with van der Waals surface area (Å²) in [5.74, 6) is 1.49. The minimum atomic E-state index is -1.43. The van der Waals surface area contributed by atoms with Gasteiger partial charge in [0.25, 0.3) is 0 Å². The predicted molar refractivity (Wildman–Crippen MR) is 201 cm³/mol. The minimum Gasteiger partial charge on any atom is -0.413 e. The first-order chi connectivity index (χ1) is 24.3. The lowest BCUT2D eigenvalue weighted by atomic mass is 9.93. The summed E-state index contributed by atoms with van der Waals surface area (Å²) < 4.78 is 15.2. The molecule has 0 amide bonds. The van der Waals surface area contributed by atoms with E-state index in [4.69, 9.17) is 9.47 Å². The minimum absolute atomic E-state index is 0.738. The summed E-state index contributed by atoms with van der Waals surface area (Å²) in [4.78, 5) is 4.53. The highest BCUT2D eigenvalue weighted by atomic mass is 16.8. The van der Waals surface area contributed by atoms with Crippen molar-refractivity contribution in [1.29, 1.82) is 0 Å². The molecule has 3 aliphatic rings. The van der Waals surface area contributed by atoms with Gasteiger partial charge in [0.15, 0.2) is 11.5 Å². The first-order valence-corrected chi connectivity index (χ1v) is 16.9. The molecule has 2 heterocycles. The summed E-state index contributed by atoms with van der Waals surface area (Å²) in [6, 6.07) is 52.0. The zero-order valence-corrected chi connectivity index (χ0v) is 26.8. The van der Waals surface area contributed by atoms with Crippen LogP contribution >= 0.6 is 0 Å². The summed E-state index contributed by atoms with van der Waals surface area (Å²) in [6.07, 6.45) is 8.51. The molecule has 234 valence electrons. The highest BCUT2D eigenvalue weighted by Gasteiger charge is 2.61. The van der Waals surface area contributed by atoms with Crippen LogP contribution in [0.2, 0.25) is 0 Å². The summed E-state index contributed by atoms with van der Waals surface area (Å²) in [6.45, 7) is 0. The Morgan fingerprint density at radius 1 is 0.469 bits per heavy atom. The second-order valence-electron chi connectivity index (χ2n) is 12.8. The first kappa shape index (κ1) is 27.8. The number of allylic oxidation sites excluding steroid dienone is 4. The van der Waals surface area contributed by atoms with Gasteiger partial charge in [-0.2, -0.15) is 0 Å². The molecule has 7 aromatic rings. The molecule has 4 nitrogen and oxygen atoms in total. The lowest BCUT2D eigenvalue weighted by molar-refractivity contribution is -0.0587. The molecule has 0 bridgehead atoms. The molecule has 49 heavy (non-hydrogen) atoms. The third-order valence-corrected chi connectivity index (χ3v) is 9.97. The number of hydrogen-bond acceptors (Lipinski definition) is 4. The lowest BCUT2D eigenvalue weighted by Crippen LogP contribution is -2.60. The van der Waals surface area contributed by atoms with Crippen molar-refractivity contribution in [2.75, 3.05) is 9.80 Å². The van der Waals surface area contributed by atoms with Gasteiger partial charge in [-0.05, 0) is 65.1 Å². The van der Waals surface area contributed by atoms with Gasteiger partial charge in [-0.3, -0.25) is 0 Å². The van der Waals surface area contributed by atoms with Crippen LogP contribution in [-0.2, 0) is 0 Å². The number of rotatable bonds is 4. The molecule has 1 aliphatic carbocycles. The largest absolute Gasteiger partial charge is 0.444 e. The highest BCUT2D eigenvalue weighted by Crippen LogP contribution is 2.61. The summed E-state index contributed by atoms with van der Waals surface area (Å²) in [7, 11) is 0. The SMILES string of the molecule is C1=CCCC(c2ccc(-c3ccccc3)c3c2OC2(O3)N(c3cccc4ccccc34)c3ccccc3N2c2cccc3ccccc23)=C1. The van der Waals surface area contributed by atoms with Crippen molar-refractivity contribution in [3.8, 4) is 22.6 Å². The van der Waals surface area contributed by atoms with E-state index in [2.05, 4.69) is 174 Å². The molecule has 4 heteroatoms. The summed E-state index contributed by atoms with van der Waals surface area (Å²) in [5, 5.41) is 4.53. The van der Waals surface area contributed by atoms with E-state index in [1.807, 2.05) is 6.07 Å². The zero-order valence-electron chi connectivity index (χ0n) is 26.8. The number of ether oxygens (including phenoxy) is 2. The van der Waals surface area contributed by atoms with Crippen LogP contribution in [0.5, 0.6) is 11.5 Å². The molecule has 0 saturated heterocycles. The number of fused-ring (bicyclic) bond motifs is 4. The van der Waals surface area contributed by atoms with Gasteiger partial charge < -0.3 is 9.47 Å². The molecule has 10 rings (SSSR count). The Morgan fingerprint density at radius 3 is 1.59 bits per heavy atom. The van der Waals surface area contributed by atoms with Gasteiger partial charge in [0.2, 0.25) is 0 Å². The third-order valence-electron chi connectivity index (χ3n) is 9.97. The molecule has 0 radical (unpaired) electrons. The number of benzene rings is 7. The molecule has 7 aromatic carbocycles. The average molecular weight is 633 g/mol. The van der Waals surface area contributed by atoms with E-state index in [1.54, 1.807) is 0 Å². The second kappa shape index (κ2) is 10.9. The molecule has 0 aromatic heterocycles. The topological polar surface area (TPSA) is 24.9 Å². The predicted octanol–water partition coefficient (Wildman–Crippen LogP) is 11.8. The van der Waals surface area contributed by atoms with Crippen LogP contribution in [0.25, 0.3) is 38.2 Å². The van der Waals surface area contributed by atoms with Crippen LogP contribution in [0.1, 0.15) is 18.4 Å². The maximum absolute atomic E-state index is 7.58. The monoisotopic (exact) mass is 632 g/mol. The Bertz CT molecular complexity index is 2360. The van der Waals surface area contributed by atoms with Crippen molar-refractivity contribution in [2.24, 2.45) is 0 Å². The smallest absolute Gasteiger partial charge is 0.413 e. The van der Waals surface area contributed by atoms with Crippen LogP contribution in [0.4, 0.5) is 22.7 Å². The van der Waals surface area contributed by atoms with Crippen molar-refractivity contribution in [3.05, 3.63) is 175 Å². The Morgan fingerprint density at radius 2 is 0.980 bits per heavy atom. The Hall–Kier alpha value is -6.26. The number of para-hydroxylation sites is 2. The maximum atomic E-state index is 7.58. The van der Waals surface area contributed by atoms with Crippen LogP contribution in [0.15, 0.2) is 170 Å². The first-order valence-electron chi connectivity index (χ1n) is 16.9. The fraction of sp³-hybridized carbons (Fsp3) is 0.0667. The van der Waals surface area contributed by atoms with Crippen LogP contribution < -0.4 is 19.3 Å². The molecular formula is C45H32N2O2. The van der Waals surface area contributed by atoms with E-state index in [0.29, 0.717) is 0 Å². The Kier molecular flexibility index (Phi) is 6.18.